The Morgan fingerprint density at radius 3 is 2.71 bits per heavy atom. The maximum absolute atomic E-state index is 5.99. The first kappa shape index (κ1) is 15.5. The van der Waals surface area contributed by atoms with Gasteiger partial charge in [0, 0.05) is 17.6 Å². The molecule has 5 nitrogen and oxygen atoms in total. The van der Waals surface area contributed by atoms with Crippen molar-refractivity contribution < 1.29 is 4.74 Å². The number of aromatic nitrogens is 3. The summed E-state index contributed by atoms with van der Waals surface area (Å²) in [6.45, 7) is 6.75. The number of nitrogens with one attached hydrogen (secondary N) is 1. The van der Waals surface area contributed by atoms with Crippen LogP contribution in [-0.2, 0) is 6.61 Å². The average Bonchev–Trinajstić information content (AvgIpc) is 2.96. The molecule has 21 heavy (non-hydrogen) atoms. The van der Waals surface area contributed by atoms with Crippen LogP contribution in [0.15, 0.2) is 30.6 Å². The molecule has 1 N–H and O–H groups in total. The zero-order valence-corrected chi connectivity index (χ0v) is 13.2. The van der Waals surface area contributed by atoms with Crippen LogP contribution in [0, 0.1) is 0 Å². The van der Waals surface area contributed by atoms with Crippen molar-refractivity contribution in [3.05, 3.63) is 42.0 Å². The second-order valence-corrected chi connectivity index (χ2v) is 5.29. The van der Waals surface area contributed by atoms with Crippen LogP contribution in [-0.4, -0.2) is 21.8 Å². The standard InChI is InChI=1S/C16H24N4O/c1-5-14(17-4)13-8-6-7-9-15(13)21-10-16-18-11-19-20(16)12(2)3/h6-9,11-12,14,17H,5,10H2,1-4H3. The summed E-state index contributed by atoms with van der Waals surface area (Å²) < 4.78 is 7.88. The summed E-state index contributed by atoms with van der Waals surface area (Å²) in [7, 11) is 1.97. The van der Waals surface area contributed by atoms with Gasteiger partial charge < -0.3 is 10.1 Å². The lowest BCUT2D eigenvalue weighted by molar-refractivity contribution is 0.277. The van der Waals surface area contributed by atoms with Gasteiger partial charge in [-0.05, 0) is 33.4 Å². The summed E-state index contributed by atoms with van der Waals surface area (Å²) in [6.07, 6.45) is 2.59. The molecular weight excluding hydrogens is 264 g/mol. The van der Waals surface area contributed by atoms with Crippen molar-refractivity contribution in [3.63, 3.8) is 0 Å². The predicted molar refractivity (Wildman–Crippen MR) is 83.3 cm³/mol. The number of benzene rings is 1. The van der Waals surface area contributed by atoms with Crippen LogP contribution in [0.1, 0.15) is 50.7 Å². The highest BCUT2D eigenvalue weighted by molar-refractivity contribution is 5.35. The van der Waals surface area contributed by atoms with Crippen LogP contribution in [0.5, 0.6) is 5.75 Å². The molecule has 0 saturated carbocycles. The Morgan fingerprint density at radius 1 is 1.29 bits per heavy atom. The lowest BCUT2D eigenvalue weighted by atomic mass is 10.0. The van der Waals surface area contributed by atoms with Crippen molar-refractivity contribution in [2.24, 2.45) is 0 Å². The average molecular weight is 288 g/mol. The van der Waals surface area contributed by atoms with Crippen molar-refractivity contribution in [3.8, 4) is 5.75 Å². The number of rotatable bonds is 7. The molecule has 0 aliphatic rings. The van der Waals surface area contributed by atoms with Crippen LogP contribution in [0.4, 0.5) is 0 Å². The van der Waals surface area contributed by atoms with Gasteiger partial charge in [0.25, 0.3) is 0 Å². The number of ether oxygens (including phenoxy) is 1. The Kier molecular flexibility index (Phi) is 5.33. The van der Waals surface area contributed by atoms with Crippen molar-refractivity contribution in [1.29, 1.82) is 0 Å². The van der Waals surface area contributed by atoms with Gasteiger partial charge in [-0.3, -0.25) is 0 Å². The summed E-state index contributed by atoms with van der Waals surface area (Å²) in [6, 6.07) is 8.72. The molecule has 1 aromatic carbocycles. The van der Waals surface area contributed by atoms with Crippen LogP contribution in [0.25, 0.3) is 0 Å². The number of hydrogen-bond donors (Lipinski definition) is 1. The molecule has 0 amide bonds. The molecule has 0 aliphatic heterocycles. The van der Waals surface area contributed by atoms with E-state index in [0.717, 1.165) is 18.0 Å². The summed E-state index contributed by atoms with van der Waals surface area (Å²) in [5, 5.41) is 7.55. The molecule has 1 unspecified atom stereocenters. The van der Waals surface area contributed by atoms with E-state index in [1.807, 2.05) is 29.9 Å². The van der Waals surface area contributed by atoms with Gasteiger partial charge in [0.15, 0.2) is 5.82 Å². The van der Waals surface area contributed by atoms with Gasteiger partial charge in [-0.1, -0.05) is 25.1 Å². The smallest absolute Gasteiger partial charge is 0.165 e. The second-order valence-electron chi connectivity index (χ2n) is 5.29. The third kappa shape index (κ3) is 3.61. The van der Waals surface area contributed by atoms with Gasteiger partial charge in [-0.15, -0.1) is 0 Å². The van der Waals surface area contributed by atoms with Gasteiger partial charge in [0.2, 0.25) is 0 Å². The van der Waals surface area contributed by atoms with E-state index in [2.05, 4.69) is 42.2 Å². The third-order valence-corrected chi connectivity index (χ3v) is 3.54. The maximum atomic E-state index is 5.99. The SMILES string of the molecule is CCC(NC)c1ccccc1OCc1ncnn1C(C)C. The van der Waals surface area contributed by atoms with Crippen LogP contribution >= 0.6 is 0 Å². The van der Waals surface area contributed by atoms with Gasteiger partial charge >= 0.3 is 0 Å². The molecule has 1 atom stereocenters. The monoisotopic (exact) mass is 288 g/mol. The van der Waals surface area contributed by atoms with Crippen LogP contribution < -0.4 is 10.1 Å². The molecule has 2 rings (SSSR count). The van der Waals surface area contributed by atoms with E-state index in [9.17, 15) is 0 Å². The number of nitrogens with zero attached hydrogens (tertiary/aromatic N) is 3. The van der Waals surface area contributed by atoms with Crippen molar-refractivity contribution in [2.45, 2.75) is 45.9 Å². The van der Waals surface area contributed by atoms with Crippen molar-refractivity contribution >= 4 is 0 Å². The Labute approximate surface area is 126 Å². The number of para-hydroxylation sites is 1. The van der Waals surface area contributed by atoms with Crippen molar-refractivity contribution in [2.75, 3.05) is 7.05 Å². The van der Waals surface area contributed by atoms with Crippen LogP contribution in [0.3, 0.4) is 0 Å². The molecule has 0 spiro atoms. The largest absolute Gasteiger partial charge is 0.485 e. The zero-order valence-electron chi connectivity index (χ0n) is 13.2. The van der Waals surface area contributed by atoms with Gasteiger partial charge in [0.1, 0.15) is 18.7 Å². The third-order valence-electron chi connectivity index (χ3n) is 3.54. The molecule has 1 heterocycles. The van der Waals surface area contributed by atoms with E-state index in [4.69, 9.17) is 4.74 Å². The van der Waals surface area contributed by atoms with Crippen molar-refractivity contribution in [1.82, 2.24) is 20.1 Å². The lowest BCUT2D eigenvalue weighted by Gasteiger charge is -2.19. The molecule has 0 radical (unpaired) electrons. The Bertz CT molecular complexity index is 561. The molecule has 114 valence electrons. The minimum absolute atomic E-state index is 0.280. The molecule has 0 bridgehead atoms. The second kappa shape index (κ2) is 7.22. The van der Waals surface area contributed by atoms with E-state index >= 15 is 0 Å². The minimum Gasteiger partial charge on any atom is -0.485 e. The fourth-order valence-electron chi connectivity index (χ4n) is 2.43. The Hall–Kier alpha value is -1.88. The highest BCUT2D eigenvalue weighted by Gasteiger charge is 2.14. The fourth-order valence-corrected chi connectivity index (χ4v) is 2.43. The van der Waals surface area contributed by atoms with Gasteiger partial charge in [-0.2, -0.15) is 5.10 Å². The Morgan fingerprint density at radius 2 is 2.05 bits per heavy atom. The lowest BCUT2D eigenvalue weighted by Crippen LogP contribution is -2.17. The van der Waals surface area contributed by atoms with Gasteiger partial charge in [0.05, 0.1) is 0 Å². The van der Waals surface area contributed by atoms with E-state index in [1.165, 1.54) is 5.56 Å². The van der Waals surface area contributed by atoms with E-state index in [0.29, 0.717) is 12.6 Å². The molecular formula is C16H24N4O. The first-order valence-corrected chi connectivity index (χ1v) is 7.44. The van der Waals surface area contributed by atoms with Crippen LogP contribution in [0.2, 0.25) is 0 Å². The number of hydrogen-bond acceptors (Lipinski definition) is 4. The maximum Gasteiger partial charge on any atom is 0.165 e. The fraction of sp³-hybridized carbons (Fsp3) is 0.500. The van der Waals surface area contributed by atoms with Gasteiger partial charge in [-0.25, -0.2) is 9.67 Å². The first-order valence-electron chi connectivity index (χ1n) is 7.44. The highest BCUT2D eigenvalue weighted by Crippen LogP contribution is 2.27. The molecule has 0 aliphatic carbocycles. The topological polar surface area (TPSA) is 52.0 Å². The molecule has 0 saturated heterocycles. The molecule has 0 fully saturated rings. The van der Waals surface area contributed by atoms with E-state index in [-0.39, 0.29) is 6.04 Å². The van der Waals surface area contributed by atoms with E-state index < -0.39 is 0 Å². The first-order chi connectivity index (χ1) is 10.2. The Balaban J connectivity index is 2.15. The normalized spacial score (nSPS) is 12.6. The predicted octanol–water partition coefficient (Wildman–Crippen LogP) is 3.11. The summed E-state index contributed by atoms with van der Waals surface area (Å²) in [5.74, 6) is 1.74. The zero-order chi connectivity index (χ0) is 15.2. The highest BCUT2D eigenvalue weighted by atomic mass is 16.5. The summed E-state index contributed by atoms with van der Waals surface area (Å²) in [5.41, 5.74) is 1.18. The summed E-state index contributed by atoms with van der Waals surface area (Å²) in [4.78, 5) is 4.28. The molecule has 1 aromatic heterocycles. The quantitative estimate of drug-likeness (QED) is 0.850. The van der Waals surface area contributed by atoms with E-state index in [1.54, 1.807) is 6.33 Å². The minimum atomic E-state index is 0.280. The summed E-state index contributed by atoms with van der Waals surface area (Å²) >= 11 is 0. The molecule has 2 aromatic rings. The molecule has 5 heteroatoms.